The minimum atomic E-state index is -0.980. The number of para-hydroxylation sites is 1. The van der Waals surface area contributed by atoms with Gasteiger partial charge in [0.1, 0.15) is 5.82 Å². The number of hydrogen-bond donors (Lipinski definition) is 3. The summed E-state index contributed by atoms with van der Waals surface area (Å²) in [6.45, 7) is 0. The van der Waals surface area contributed by atoms with Gasteiger partial charge in [-0.2, -0.15) is 0 Å². The van der Waals surface area contributed by atoms with E-state index in [1.807, 2.05) is 48.5 Å². The number of carbonyl (C=O) groups is 1. The van der Waals surface area contributed by atoms with E-state index in [2.05, 4.69) is 10.6 Å². The van der Waals surface area contributed by atoms with E-state index in [1.54, 1.807) is 30.3 Å². The molecule has 4 aromatic carbocycles. The van der Waals surface area contributed by atoms with E-state index in [4.69, 9.17) is 11.6 Å². The molecule has 4 rings (SSSR count). The molecule has 0 spiro atoms. The van der Waals surface area contributed by atoms with E-state index < -0.39 is 5.97 Å². The van der Waals surface area contributed by atoms with Crippen LogP contribution in [-0.4, -0.2) is 11.1 Å². The second-order valence-corrected chi connectivity index (χ2v) is 7.29. The molecule has 0 aliphatic rings. The quantitative estimate of drug-likeness (QED) is 0.298. The first-order valence-corrected chi connectivity index (χ1v) is 9.89. The van der Waals surface area contributed by atoms with Crippen molar-refractivity contribution < 1.29 is 14.3 Å². The summed E-state index contributed by atoms with van der Waals surface area (Å²) in [5, 5.41) is 16.1. The van der Waals surface area contributed by atoms with Crippen LogP contribution in [-0.2, 0) is 0 Å². The first-order valence-electron chi connectivity index (χ1n) is 9.51. The number of carboxylic acid groups (broad SMARTS) is 1. The lowest BCUT2D eigenvalue weighted by molar-refractivity contribution is 0.0698. The molecule has 4 nitrogen and oxygen atoms in total. The number of nitrogens with one attached hydrogen (secondary N) is 2. The van der Waals surface area contributed by atoms with E-state index >= 15 is 0 Å². The lowest BCUT2D eigenvalue weighted by atomic mass is 10.1. The minimum Gasteiger partial charge on any atom is -0.478 e. The van der Waals surface area contributed by atoms with Crippen LogP contribution in [0.5, 0.6) is 0 Å². The predicted octanol–water partition coefficient (Wildman–Crippen LogP) is 7.33. The van der Waals surface area contributed by atoms with Crippen LogP contribution in [0.3, 0.4) is 0 Å². The molecule has 0 aromatic heterocycles. The monoisotopic (exact) mass is 432 g/mol. The van der Waals surface area contributed by atoms with Gasteiger partial charge in [-0.05, 0) is 72.3 Å². The molecule has 6 heteroatoms. The Kier molecular flexibility index (Phi) is 5.87. The Morgan fingerprint density at radius 2 is 1.35 bits per heavy atom. The highest BCUT2D eigenvalue weighted by atomic mass is 35.5. The molecule has 0 atom stereocenters. The van der Waals surface area contributed by atoms with E-state index in [0.717, 1.165) is 28.2 Å². The maximum Gasteiger partial charge on any atom is 0.337 e. The number of rotatable bonds is 6. The second-order valence-electron chi connectivity index (χ2n) is 6.88. The van der Waals surface area contributed by atoms with Gasteiger partial charge >= 0.3 is 5.97 Å². The van der Waals surface area contributed by atoms with Crippen molar-refractivity contribution in [1.82, 2.24) is 0 Å². The standard InChI is InChI=1S/C25H18ClFN2O2/c26-23-15-17(27)7-14-21(23)16-5-8-18(9-6-16)28-19-10-12-20(13-11-19)29-24-4-2-1-3-22(24)25(30)31/h1-15,28-29H,(H,30,31). The third kappa shape index (κ3) is 4.85. The highest BCUT2D eigenvalue weighted by Crippen LogP contribution is 2.30. The summed E-state index contributed by atoms with van der Waals surface area (Å²) in [4.78, 5) is 11.3. The average Bonchev–Trinajstić information content (AvgIpc) is 2.76. The van der Waals surface area contributed by atoms with Gasteiger partial charge in [-0.3, -0.25) is 0 Å². The van der Waals surface area contributed by atoms with Crippen LogP contribution >= 0.6 is 11.6 Å². The van der Waals surface area contributed by atoms with Crippen LogP contribution < -0.4 is 10.6 Å². The minimum absolute atomic E-state index is 0.214. The third-order valence-corrected chi connectivity index (χ3v) is 5.05. The maximum absolute atomic E-state index is 13.3. The number of benzene rings is 4. The molecule has 0 saturated carbocycles. The van der Waals surface area contributed by atoms with Crippen LogP contribution in [0.15, 0.2) is 91.0 Å². The van der Waals surface area contributed by atoms with Gasteiger partial charge in [0.25, 0.3) is 0 Å². The van der Waals surface area contributed by atoms with Crippen molar-refractivity contribution in [3.05, 3.63) is 107 Å². The Hall–Kier alpha value is -3.83. The SMILES string of the molecule is O=C(O)c1ccccc1Nc1ccc(Nc2ccc(-c3ccc(F)cc3Cl)cc2)cc1. The molecular formula is C25H18ClFN2O2. The van der Waals surface area contributed by atoms with E-state index in [1.165, 1.54) is 12.1 Å². The van der Waals surface area contributed by atoms with E-state index in [0.29, 0.717) is 10.7 Å². The lowest BCUT2D eigenvalue weighted by Crippen LogP contribution is -2.02. The number of halogens is 2. The molecule has 0 amide bonds. The summed E-state index contributed by atoms with van der Waals surface area (Å²) in [6.07, 6.45) is 0. The molecule has 0 aliphatic heterocycles. The Labute approximate surface area is 183 Å². The van der Waals surface area contributed by atoms with Gasteiger partial charge in [0.05, 0.1) is 16.3 Å². The van der Waals surface area contributed by atoms with Crippen molar-refractivity contribution in [3.8, 4) is 11.1 Å². The molecule has 0 fully saturated rings. The van der Waals surface area contributed by atoms with Gasteiger partial charge in [-0.25, -0.2) is 9.18 Å². The van der Waals surface area contributed by atoms with Crippen LogP contribution in [0, 0.1) is 5.82 Å². The van der Waals surface area contributed by atoms with Gasteiger partial charge in [-0.1, -0.05) is 35.9 Å². The Morgan fingerprint density at radius 3 is 1.97 bits per heavy atom. The molecule has 0 bridgehead atoms. The van der Waals surface area contributed by atoms with Crippen molar-refractivity contribution in [1.29, 1.82) is 0 Å². The lowest BCUT2D eigenvalue weighted by Gasteiger charge is -2.12. The molecule has 0 unspecified atom stereocenters. The topological polar surface area (TPSA) is 61.4 Å². The molecule has 31 heavy (non-hydrogen) atoms. The third-order valence-electron chi connectivity index (χ3n) is 4.74. The molecule has 0 saturated heterocycles. The number of anilines is 4. The van der Waals surface area contributed by atoms with Gasteiger partial charge in [0, 0.05) is 22.6 Å². The van der Waals surface area contributed by atoms with Gasteiger partial charge < -0.3 is 15.7 Å². The fourth-order valence-corrected chi connectivity index (χ4v) is 3.47. The highest BCUT2D eigenvalue weighted by molar-refractivity contribution is 6.33. The summed E-state index contributed by atoms with van der Waals surface area (Å²) in [6, 6.07) is 26.3. The Bertz CT molecular complexity index is 1230. The van der Waals surface area contributed by atoms with Gasteiger partial charge in [0.2, 0.25) is 0 Å². The van der Waals surface area contributed by atoms with E-state index in [9.17, 15) is 14.3 Å². The number of aromatic carboxylic acids is 1. The fourth-order valence-electron chi connectivity index (χ4n) is 3.19. The maximum atomic E-state index is 13.3. The van der Waals surface area contributed by atoms with Gasteiger partial charge in [-0.15, -0.1) is 0 Å². The smallest absolute Gasteiger partial charge is 0.337 e. The number of hydrogen-bond acceptors (Lipinski definition) is 3. The number of carboxylic acids is 1. The van der Waals surface area contributed by atoms with Crippen molar-refractivity contribution in [2.45, 2.75) is 0 Å². The van der Waals surface area contributed by atoms with Crippen LogP contribution in [0.1, 0.15) is 10.4 Å². The molecule has 4 aromatic rings. The van der Waals surface area contributed by atoms with Crippen molar-refractivity contribution in [2.75, 3.05) is 10.6 Å². The van der Waals surface area contributed by atoms with Crippen LogP contribution in [0.2, 0.25) is 5.02 Å². The van der Waals surface area contributed by atoms with Crippen molar-refractivity contribution >= 4 is 40.3 Å². The van der Waals surface area contributed by atoms with Gasteiger partial charge in [0.15, 0.2) is 0 Å². The fraction of sp³-hybridized carbons (Fsp3) is 0. The van der Waals surface area contributed by atoms with Crippen molar-refractivity contribution in [2.24, 2.45) is 0 Å². The molecule has 0 radical (unpaired) electrons. The second kappa shape index (κ2) is 8.90. The van der Waals surface area contributed by atoms with E-state index in [-0.39, 0.29) is 11.4 Å². The summed E-state index contributed by atoms with van der Waals surface area (Å²) in [5.74, 6) is -1.34. The molecule has 3 N–H and O–H groups in total. The van der Waals surface area contributed by atoms with Crippen molar-refractivity contribution in [3.63, 3.8) is 0 Å². The molecular weight excluding hydrogens is 415 g/mol. The Morgan fingerprint density at radius 1 is 0.774 bits per heavy atom. The predicted molar refractivity (Wildman–Crippen MR) is 123 cm³/mol. The zero-order chi connectivity index (χ0) is 21.8. The Balaban J connectivity index is 1.45. The normalized spacial score (nSPS) is 10.5. The molecule has 0 heterocycles. The summed E-state index contributed by atoms with van der Waals surface area (Å²) < 4.78 is 13.3. The van der Waals surface area contributed by atoms with Crippen LogP contribution in [0.25, 0.3) is 11.1 Å². The first-order chi connectivity index (χ1) is 15.0. The first kappa shape index (κ1) is 20.4. The zero-order valence-electron chi connectivity index (χ0n) is 16.3. The molecule has 0 aliphatic carbocycles. The zero-order valence-corrected chi connectivity index (χ0v) is 17.0. The summed E-state index contributed by atoms with van der Waals surface area (Å²) >= 11 is 6.14. The van der Waals surface area contributed by atoms with Crippen LogP contribution in [0.4, 0.5) is 27.1 Å². The highest BCUT2D eigenvalue weighted by Gasteiger charge is 2.09. The molecule has 154 valence electrons. The summed E-state index contributed by atoms with van der Waals surface area (Å²) in [5.41, 5.74) is 4.96. The average molecular weight is 433 g/mol. The largest absolute Gasteiger partial charge is 0.478 e. The summed E-state index contributed by atoms with van der Waals surface area (Å²) in [7, 11) is 0.